The van der Waals surface area contributed by atoms with Crippen molar-refractivity contribution >= 4 is 5.97 Å². The van der Waals surface area contributed by atoms with Crippen molar-refractivity contribution < 1.29 is 19.3 Å². The fourth-order valence-corrected chi connectivity index (χ4v) is 1.35. The highest BCUT2D eigenvalue weighted by Gasteiger charge is 2.17. The van der Waals surface area contributed by atoms with E-state index in [1.807, 2.05) is 45.0 Å². The van der Waals surface area contributed by atoms with Gasteiger partial charge in [-0.25, -0.2) is 4.79 Å². The monoisotopic (exact) mass is 252 g/mol. The van der Waals surface area contributed by atoms with Crippen molar-refractivity contribution in [3.63, 3.8) is 0 Å². The van der Waals surface area contributed by atoms with Gasteiger partial charge in [0.05, 0.1) is 13.5 Å². The van der Waals surface area contributed by atoms with E-state index >= 15 is 0 Å². The Balaban J connectivity index is 2.30. The number of ether oxygens (including phenoxy) is 1. The number of methoxy groups -OCH3 is 1. The summed E-state index contributed by atoms with van der Waals surface area (Å²) in [7, 11) is 1.61. The van der Waals surface area contributed by atoms with Gasteiger partial charge in [0, 0.05) is 0 Å². The molecule has 0 atom stereocenters. The standard InChI is InChI=1S/C14H20O4/c1-14(2,3)9-13(15)18-17-10-11-5-7-12(16-4)8-6-11/h5-8H,9-10H2,1-4H3. The number of hydrogen-bond donors (Lipinski definition) is 0. The van der Waals surface area contributed by atoms with Crippen LogP contribution in [0.15, 0.2) is 24.3 Å². The van der Waals surface area contributed by atoms with Crippen LogP contribution in [0.4, 0.5) is 0 Å². The molecule has 4 heteroatoms. The molecule has 100 valence electrons. The van der Waals surface area contributed by atoms with Gasteiger partial charge in [-0.15, -0.1) is 0 Å². The van der Waals surface area contributed by atoms with Gasteiger partial charge < -0.3 is 4.74 Å². The number of hydrogen-bond acceptors (Lipinski definition) is 4. The van der Waals surface area contributed by atoms with E-state index in [-0.39, 0.29) is 18.0 Å². The van der Waals surface area contributed by atoms with E-state index in [1.165, 1.54) is 0 Å². The summed E-state index contributed by atoms with van der Waals surface area (Å²) in [5.41, 5.74) is 0.819. The molecule has 0 saturated carbocycles. The molecule has 0 spiro atoms. The molecule has 0 amide bonds. The average Bonchev–Trinajstić information content (AvgIpc) is 2.27. The summed E-state index contributed by atoms with van der Waals surface area (Å²) >= 11 is 0. The Morgan fingerprint density at radius 3 is 2.28 bits per heavy atom. The van der Waals surface area contributed by atoms with Crippen LogP contribution in [0.1, 0.15) is 32.8 Å². The van der Waals surface area contributed by atoms with E-state index < -0.39 is 0 Å². The lowest BCUT2D eigenvalue weighted by Crippen LogP contribution is -2.15. The van der Waals surface area contributed by atoms with Crippen LogP contribution >= 0.6 is 0 Å². The first-order valence-corrected chi connectivity index (χ1v) is 5.86. The number of benzene rings is 1. The third kappa shape index (κ3) is 5.68. The van der Waals surface area contributed by atoms with Crippen LogP contribution in [0, 0.1) is 5.41 Å². The molecular weight excluding hydrogens is 232 g/mol. The molecule has 1 aromatic rings. The molecule has 0 unspecified atom stereocenters. The minimum atomic E-state index is -0.351. The van der Waals surface area contributed by atoms with Crippen LogP contribution in [0.25, 0.3) is 0 Å². The van der Waals surface area contributed by atoms with Crippen molar-refractivity contribution in [2.24, 2.45) is 5.41 Å². The molecule has 0 heterocycles. The van der Waals surface area contributed by atoms with Crippen molar-refractivity contribution in [2.75, 3.05) is 7.11 Å². The van der Waals surface area contributed by atoms with Gasteiger partial charge in [-0.3, -0.25) is 4.89 Å². The maximum atomic E-state index is 11.4. The minimum absolute atomic E-state index is 0.0967. The summed E-state index contributed by atoms with van der Waals surface area (Å²) in [6, 6.07) is 7.37. The van der Waals surface area contributed by atoms with Crippen molar-refractivity contribution in [3.05, 3.63) is 29.8 Å². The summed E-state index contributed by atoms with van der Waals surface area (Å²) < 4.78 is 5.04. The highest BCUT2D eigenvalue weighted by Crippen LogP contribution is 2.19. The first-order valence-electron chi connectivity index (χ1n) is 5.86. The summed E-state index contributed by atoms with van der Waals surface area (Å²) in [4.78, 5) is 21.0. The van der Waals surface area contributed by atoms with Gasteiger partial charge in [0.25, 0.3) is 0 Å². The first-order chi connectivity index (χ1) is 8.40. The molecule has 18 heavy (non-hydrogen) atoms. The summed E-state index contributed by atoms with van der Waals surface area (Å²) in [6.45, 7) is 6.15. The Morgan fingerprint density at radius 1 is 1.17 bits per heavy atom. The van der Waals surface area contributed by atoms with Crippen molar-refractivity contribution in [1.29, 1.82) is 0 Å². The smallest absolute Gasteiger partial charge is 0.342 e. The number of carbonyl (C=O) groups excluding carboxylic acids is 1. The molecular formula is C14H20O4. The zero-order valence-corrected chi connectivity index (χ0v) is 11.4. The quantitative estimate of drug-likeness (QED) is 0.596. The second kappa shape index (κ2) is 6.40. The van der Waals surface area contributed by atoms with E-state index in [2.05, 4.69) is 0 Å². The first kappa shape index (κ1) is 14.5. The summed E-state index contributed by atoms with van der Waals surface area (Å²) in [5.74, 6) is 0.430. The maximum Gasteiger partial charge on any atom is 0.342 e. The maximum absolute atomic E-state index is 11.4. The fourth-order valence-electron chi connectivity index (χ4n) is 1.35. The zero-order valence-electron chi connectivity index (χ0n) is 11.4. The van der Waals surface area contributed by atoms with E-state index in [0.29, 0.717) is 6.42 Å². The minimum Gasteiger partial charge on any atom is -0.497 e. The van der Waals surface area contributed by atoms with Crippen molar-refractivity contribution in [3.8, 4) is 5.75 Å². The second-order valence-electron chi connectivity index (χ2n) is 5.30. The van der Waals surface area contributed by atoms with Gasteiger partial charge in [-0.2, -0.15) is 4.89 Å². The van der Waals surface area contributed by atoms with Crippen LogP contribution in [0.3, 0.4) is 0 Å². The molecule has 0 saturated heterocycles. The van der Waals surface area contributed by atoms with Gasteiger partial charge in [-0.05, 0) is 23.1 Å². The fraction of sp³-hybridized carbons (Fsp3) is 0.500. The highest BCUT2D eigenvalue weighted by atomic mass is 17.2. The van der Waals surface area contributed by atoms with Gasteiger partial charge in [0.1, 0.15) is 12.4 Å². The Labute approximate surface area is 108 Å². The SMILES string of the molecule is COc1ccc(COOC(=O)CC(C)(C)C)cc1. The van der Waals surface area contributed by atoms with Crippen molar-refractivity contribution in [1.82, 2.24) is 0 Å². The summed E-state index contributed by atoms with van der Waals surface area (Å²) in [5, 5.41) is 0. The zero-order chi connectivity index (χ0) is 13.6. The van der Waals surface area contributed by atoms with E-state index in [9.17, 15) is 4.79 Å². The van der Waals surface area contributed by atoms with Crippen LogP contribution in [0.2, 0.25) is 0 Å². The Kier molecular flexibility index (Phi) is 5.16. The van der Waals surface area contributed by atoms with Crippen LogP contribution in [0.5, 0.6) is 5.75 Å². The largest absolute Gasteiger partial charge is 0.497 e. The van der Waals surface area contributed by atoms with Gasteiger partial charge >= 0.3 is 5.97 Å². The second-order valence-corrected chi connectivity index (χ2v) is 5.30. The Bertz CT molecular complexity index is 376. The van der Waals surface area contributed by atoms with Crippen molar-refractivity contribution in [2.45, 2.75) is 33.8 Å². The normalized spacial score (nSPS) is 11.1. The molecule has 0 aliphatic rings. The van der Waals surface area contributed by atoms with E-state index in [4.69, 9.17) is 14.5 Å². The molecule has 0 aliphatic heterocycles. The molecule has 0 N–H and O–H groups in total. The summed E-state index contributed by atoms with van der Waals surface area (Å²) in [6.07, 6.45) is 0.329. The van der Waals surface area contributed by atoms with Gasteiger partial charge in [0.2, 0.25) is 0 Å². The molecule has 0 aliphatic carbocycles. The van der Waals surface area contributed by atoms with E-state index in [1.54, 1.807) is 7.11 Å². The molecule has 1 aromatic carbocycles. The van der Waals surface area contributed by atoms with Gasteiger partial charge in [0.15, 0.2) is 0 Å². The lowest BCUT2D eigenvalue weighted by atomic mass is 9.93. The highest BCUT2D eigenvalue weighted by molar-refractivity contribution is 5.69. The molecule has 0 fully saturated rings. The lowest BCUT2D eigenvalue weighted by Gasteiger charge is -2.15. The van der Waals surface area contributed by atoms with Crippen LogP contribution in [-0.2, 0) is 21.2 Å². The average molecular weight is 252 g/mol. The molecule has 0 aromatic heterocycles. The predicted octanol–water partition coefficient (Wildman–Crippen LogP) is 3.11. The third-order valence-corrected chi connectivity index (χ3v) is 2.21. The molecule has 0 radical (unpaired) electrons. The Morgan fingerprint density at radius 2 is 1.78 bits per heavy atom. The Hall–Kier alpha value is -1.55. The molecule has 1 rings (SSSR count). The van der Waals surface area contributed by atoms with E-state index in [0.717, 1.165) is 11.3 Å². The van der Waals surface area contributed by atoms with Crippen LogP contribution in [-0.4, -0.2) is 13.1 Å². The number of rotatable bonds is 5. The number of carbonyl (C=O) groups is 1. The third-order valence-electron chi connectivity index (χ3n) is 2.21. The predicted molar refractivity (Wildman–Crippen MR) is 67.9 cm³/mol. The lowest BCUT2D eigenvalue weighted by molar-refractivity contribution is -0.281. The topological polar surface area (TPSA) is 44.8 Å². The molecule has 0 bridgehead atoms. The van der Waals surface area contributed by atoms with Gasteiger partial charge in [-0.1, -0.05) is 32.9 Å². The van der Waals surface area contributed by atoms with Crippen LogP contribution < -0.4 is 4.74 Å². The molecule has 4 nitrogen and oxygen atoms in total.